The van der Waals surface area contributed by atoms with Crippen molar-refractivity contribution in [3.8, 4) is 5.75 Å². The van der Waals surface area contributed by atoms with Gasteiger partial charge in [-0.15, -0.1) is 0 Å². The molecule has 0 unspecified atom stereocenters. The van der Waals surface area contributed by atoms with E-state index in [0.717, 1.165) is 55.5 Å². The second kappa shape index (κ2) is 11.6. The number of rotatable bonds is 6. The predicted octanol–water partition coefficient (Wildman–Crippen LogP) is 4.19. The van der Waals surface area contributed by atoms with Crippen LogP contribution in [0.15, 0.2) is 60.2 Å². The molecular formula is C30H33F3N2O5. The average Bonchev–Trinajstić information content (AvgIpc) is 3.13. The van der Waals surface area contributed by atoms with Gasteiger partial charge < -0.3 is 25.2 Å². The fourth-order valence-corrected chi connectivity index (χ4v) is 6.19. The smallest absolute Gasteiger partial charge is 0.416 e. The van der Waals surface area contributed by atoms with Crippen LogP contribution >= 0.6 is 0 Å². The molecule has 4 atom stereocenters. The van der Waals surface area contributed by atoms with Gasteiger partial charge in [-0.3, -0.25) is 9.59 Å². The Labute approximate surface area is 230 Å². The Balaban J connectivity index is 1.57. The van der Waals surface area contributed by atoms with E-state index in [2.05, 4.69) is 5.32 Å². The van der Waals surface area contributed by atoms with Crippen molar-refractivity contribution in [2.24, 2.45) is 0 Å². The zero-order valence-corrected chi connectivity index (χ0v) is 21.9. The molecule has 1 aliphatic heterocycles. The molecule has 40 heavy (non-hydrogen) atoms. The topological polar surface area (TPSA) is 99.1 Å². The summed E-state index contributed by atoms with van der Waals surface area (Å²) in [6.07, 6.45) is 0.0963. The summed E-state index contributed by atoms with van der Waals surface area (Å²) in [6.45, 7) is -0.229. The maximum absolute atomic E-state index is 14.1. The lowest BCUT2D eigenvalue weighted by atomic mass is 9.77. The van der Waals surface area contributed by atoms with Crippen LogP contribution in [0.3, 0.4) is 0 Å². The van der Waals surface area contributed by atoms with E-state index in [1.165, 1.54) is 0 Å². The molecule has 0 bridgehead atoms. The molecule has 2 aromatic rings. The van der Waals surface area contributed by atoms with Crippen LogP contribution in [-0.4, -0.2) is 64.4 Å². The maximum Gasteiger partial charge on any atom is 0.416 e. The number of nitrogens with one attached hydrogen (secondary N) is 1. The molecule has 5 rings (SSSR count). The van der Waals surface area contributed by atoms with E-state index in [9.17, 15) is 33.0 Å². The van der Waals surface area contributed by atoms with Gasteiger partial charge in [-0.25, -0.2) is 0 Å². The minimum Gasteiger partial charge on any atom is -0.486 e. The summed E-state index contributed by atoms with van der Waals surface area (Å²) in [7, 11) is 0. The van der Waals surface area contributed by atoms with Crippen molar-refractivity contribution in [1.29, 1.82) is 0 Å². The second-order valence-electron chi connectivity index (χ2n) is 10.6. The minimum absolute atomic E-state index is 0.0279. The highest BCUT2D eigenvalue weighted by atomic mass is 19.4. The first kappa shape index (κ1) is 28.2. The fourth-order valence-electron chi connectivity index (χ4n) is 6.19. The highest BCUT2D eigenvalue weighted by molar-refractivity contribution is 5.97. The van der Waals surface area contributed by atoms with Gasteiger partial charge in [-0.2, -0.15) is 13.2 Å². The first-order chi connectivity index (χ1) is 19.2. The number of para-hydroxylation sites is 1. The lowest BCUT2D eigenvalue weighted by molar-refractivity contribution is -0.137. The van der Waals surface area contributed by atoms with Crippen molar-refractivity contribution in [1.82, 2.24) is 10.2 Å². The molecule has 1 heterocycles. The van der Waals surface area contributed by atoms with Gasteiger partial charge in [0.25, 0.3) is 5.91 Å². The molecule has 0 aromatic heterocycles. The number of ether oxygens (including phenoxy) is 1. The van der Waals surface area contributed by atoms with Crippen LogP contribution in [0.4, 0.5) is 13.2 Å². The number of amides is 2. The molecule has 3 aliphatic rings. The number of benzene rings is 2. The van der Waals surface area contributed by atoms with Crippen LogP contribution in [0.1, 0.15) is 65.9 Å². The van der Waals surface area contributed by atoms with Crippen LogP contribution in [0.2, 0.25) is 0 Å². The van der Waals surface area contributed by atoms with E-state index in [4.69, 9.17) is 4.74 Å². The average molecular weight is 559 g/mol. The number of nitrogens with zero attached hydrogens (tertiary/aromatic N) is 1. The summed E-state index contributed by atoms with van der Waals surface area (Å²) < 4.78 is 45.8. The number of hydrogen-bond donors (Lipinski definition) is 3. The van der Waals surface area contributed by atoms with Gasteiger partial charge in [0.15, 0.2) is 0 Å². The molecule has 10 heteroatoms. The Morgan fingerprint density at radius 3 is 2.33 bits per heavy atom. The molecule has 0 spiro atoms. The van der Waals surface area contributed by atoms with Crippen molar-refractivity contribution in [2.45, 2.75) is 74.9 Å². The quantitative estimate of drug-likeness (QED) is 0.462. The number of alkyl halides is 3. The van der Waals surface area contributed by atoms with Crippen LogP contribution in [0, 0.1) is 0 Å². The first-order valence-electron chi connectivity index (χ1n) is 13.7. The zero-order chi connectivity index (χ0) is 28.4. The number of carbonyl (C=O) groups excluding carboxylic acids is 2. The number of aliphatic hydroxyl groups is 2. The number of halogens is 3. The summed E-state index contributed by atoms with van der Waals surface area (Å²) in [5, 5.41) is 23.7. The Kier molecular flexibility index (Phi) is 8.19. The monoisotopic (exact) mass is 558 g/mol. The Hall–Kier alpha value is -3.37. The standard InChI is InChI=1S/C30H33F3N2O5/c31-30(32,33)19-13-11-18(12-14-19)29(39)35(20-7-3-1-2-4-8-20)23-17-22(28(38)34-15-16-36)25-21-9-5-6-10-24(21)40-27(25)26(23)37/h5-6,9-14,17,20,23,25-27,36-37H,1-4,7-8,15-16H2,(H,34,38)/t23-,25+,26+,27+/m1/s1. The van der Waals surface area contributed by atoms with Crippen molar-refractivity contribution < 1.29 is 37.7 Å². The summed E-state index contributed by atoms with van der Waals surface area (Å²) in [4.78, 5) is 29.0. The molecule has 7 nitrogen and oxygen atoms in total. The molecule has 0 radical (unpaired) electrons. The lowest BCUT2D eigenvalue weighted by Gasteiger charge is -2.44. The second-order valence-corrected chi connectivity index (χ2v) is 10.6. The molecule has 3 N–H and O–H groups in total. The van der Waals surface area contributed by atoms with Crippen LogP contribution in [-0.2, 0) is 11.0 Å². The van der Waals surface area contributed by atoms with Crippen LogP contribution < -0.4 is 10.1 Å². The van der Waals surface area contributed by atoms with Gasteiger partial charge in [0.2, 0.25) is 5.91 Å². The van der Waals surface area contributed by atoms with Crippen LogP contribution in [0.25, 0.3) is 0 Å². The summed E-state index contributed by atoms with van der Waals surface area (Å²) in [5.41, 5.74) is 0.273. The third kappa shape index (κ3) is 5.47. The SMILES string of the molecule is O=C(NCCO)C1=C[C@@H](N(C(=O)c2ccc(C(F)(F)F)cc2)C2CCCCCC2)[C@H](O)[C@H]2Oc3ccccc3[C@@H]12. The van der Waals surface area contributed by atoms with Crippen molar-refractivity contribution in [3.05, 3.63) is 76.9 Å². The molecule has 1 saturated carbocycles. The number of hydrogen-bond acceptors (Lipinski definition) is 5. The summed E-state index contributed by atoms with van der Waals surface area (Å²) in [6, 6.07) is 10.0. The summed E-state index contributed by atoms with van der Waals surface area (Å²) >= 11 is 0. The molecule has 214 valence electrons. The number of fused-ring (bicyclic) bond motifs is 3. The Morgan fingerprint density at radius 2 is 1.68 bits per heavy atom. The van der Waals surface area contributed by atoms with Gasteiger partial charge in [-0.05, 0) is 49.2 Å². The van der Waals surface area contributed by atoms with Gasteiger partial charge in [-0.1, -0.05) is 43.9 Å². The molecule has 2 amide bonds. The van der Waals surface area contributed by atoms with E-state index >= 15 is 0 Å². The normalized spacial score (nSPS) is 24.7. The lowest BCUT2D eigenvalue weighted by Crippen LogP contribution is -2.58. The van der Waals surface area contributed by atoms with Gasteiger partial charge in [0, 0.05) is 29.3 Å². The predicted molar refractivity (Wildman–Crippen MR) is 141 cm³/mol. The molecule has 2 aromatic carbocycles. The minimum atomic E-state index is -4.54. The van der Waals surface area contributed by atoms with E-state index < -0.39 is 47.7 Å². The highest BCUT2D eigenvalue weighted by Crippen LogP contribution is 2.47. The summed E-state index contributed by atoms with van der Waals surface area (Å²) in [5.74, 6) is -1.000. The maximum atomic E-state index is 14.1. The van der Waals surface area contributed by atoms with E-state index in [1.54, 1.807) is 23.1 Å². The van der Waals surface area contributed by atoms with Crippen molar-refractivity contribution >= 4 is 11.8 Å². The van der Waals surface area contributed by atoms with Crippen molar-refractivity contribution in [3.63, 3.8) is 0 Å². The van der Waals surface area contributed by atoms with Gasteiger partial charge >= 0.3 is 6.18 Å². The van der Waals surface area contributed by atoms with Gasteiger partial charge in [0.1, 0.15) is 18.0 Å². The van der Waals surface area contributed by atoms with Crippen molar-refractivity contribution in [2.75, 3.05) is 13.2 Å². The van der Waals surface area contributed by atoms with Gasteiger partial charge in [0.05, 0.1) is 24.1 Å². The Morgan fingerprint density at radius 1 is 1.00 bits per heavy atom. The zero-order valence-electron chi connectivity index (χ0n) is 21.9. The molecule has 1 fully saturated rings. The first-order valence-corrected chi connectivity index (χ1v) is 13.7. The fraction of sp³-hybridized carbons (Fsp3) is 0.467. The third-order valence-electron chi connectivity index (χ3n) is 8.11. The Bertz CT molecular complexity index is 1250. The number of aliphatic hydroxyl groups excluding tert-OH is 2. The third-order valence-corrected chi connectivity index (χ3v) is 8.11. The van der Waals surface area contributed by atoms with E-state index in [1.807, 2.05) is 12.1 Å². The van der Waals surface area contributed by atoms with E-state index in [-0.39, 0.29) is 24.8 Å². The largest absolute Gasteiger partial charge is 0.486 e. The van der Waals surface area contributed by atoms with E-state index in [0.29, 0.717) is 24.2 Å². The molecular weight excluding hydrogens is 525 g/mol. The van der Waals surface area contributed by atoms with Crippen LogP contribution in [0.5, 0.6) is 5.75 Å². The number of carbonyl (C=O) groups is 2. The molecule has 2 aliphatic carbocycles. The highest BCUT2D eigenvalue weighted by Gasteiger charge is 2.51. The molecule has 0 saturated heterocycles.